The third kappa shape index (κ3) is 3.44. The highest BCUT2D eigenvalue weighted by Gasteiger charge is 2.38. The van der Waals surface area contributed by atoms with Crippen molar-refractivity contribution >= 4 is 23.5 Å². The molecule has 7 nitrogen and oxygen atoms in total. The van der Waals surface area contributed by atoms with Crippen molar-refractivity contribution in [3.8, 4) is 0 Å². The number of halogens is 4. The monoisotopic (exact) mass is 357 g/mol. The van der Waals surface area contributed by atoms with Crippen LogP contribution in [-0.4, -0.2) is 33.5 Å². The number of anilines is 2. The molecule has 132 valence electrons. The molecular weight excluding hydrogens is 346 g/mol. The van der Waals surface area contributed by atoms with Gasteiger partial charge in [0.05, 0.1) is 11.6 Å². The molecule has 2 aromatic rings. The molecule has 0 bridgehead atoms. The molecule has 11 heteroatoms. The number of carbonyl (C=O) groups excluding carboxylic acids is 2. The van der Waals surface area contributed by atoms with Gasteiger partial charge in [-0.05, 0) is 12.1 Å². The summed E-state index contributed by atoms with van der Waals surface area (Å²) in [6, 6.07) is 5.59. The van der Waals surface area contributed by atoms with Crippen LogP contribution in [0.3, 0.4) is 0 Å². The van der Waals surface area contributed by atoms with E-state index in [4.69, 9.17) is 0 Å². The molecule has 2 amide bonds. The van der Waals surface area contributed by atoms with Crippen LogP contribution in [-0.2, 0) is 15.8 Å². The van der Waals surface area contributed by atoms with Gasteiger partial charge in [0.1, 0.15) is 5.82 Å². The van der Waals surface area contributed by atoms with Crippen LogP contribution < -0.4 is 10.2 Å². The second-order valence-electron chi connectivity index (χ2n) is 5.35. The quantitative estimate of drug-likeness (QED) is 0.822. The lowest BCUT2D eigenvalue weighted by Gasteiger charge is -2.17. The van der Waals surface area contributed by atoms with Crippen molar-refractivity contribution in [3.05, 3.63) is 35.9 Å². The van der Waals surface area contributed by atoms with Crippen LogP contribution in [0.1, 0.15) is 12.2 Å². The highest BCUT2D eigenvalue weighted by Crippen LogP contribution is 2.29. The molecule has 1 aliphatic heterocycles. The second-order valence-corrected chi connectivity index (χ2v) is 5.35. The van der Waals surface area contributed by atoms with E-state index in [9.17, 15) is 27.2 Å². The highest BCUT2D eigenvalue weighted by molar-refractivity contribution is 6.03. The predicted molar refractivity (Wildman–Crippen MR) is 76.9 cm³/mol. The number of hydrogen-bond donors (Lipinski definition) is 2. The van der Waals surface area contributed by atoms with Crippen LogP contribution >= 0.6 is 0 Å². The first-order chi connectivity index (χ1) is 11.8. The van der Waals surface area contributed by atoms with Gasteiger partial charge in [0.15, 0.2) is 0 Å². The summed E-state index contributed by atoms with van der Waals surface area (Å²) in [7, 11) is 0. The Morgan fingerprint density at radius 3 is 2.68 bits per heavy atom. The van der Waals surface area contributed by atoms with Crippen LogP contribution in [0, 0.1) is 11.7 Å². The normalized spacial score (nSPS) is 17.8. The van der Waals surface area contributed by atoms with E-state index in [0.717, 1.165) is 4.90 Å². The van der Waals surface area contributed by atoms with E-state index in [0.29, 0.717) is 0 Å². The Labute approximate surface area is 138 Å². The minimum Gasteiger partial charge on any atom is -0.309 e. The molecule has 3 rings (SSSR count). The van der Waals surface area contributed by atoms with Crippen molar-refractivity contribution in [3.63, 3.8) is 0 Å². The predicted octanol–water partition coefficient (Wildman–Crippen LogP) is 1.95. The Morgan fingerprint density at radius 1 is 1.32 bits per heavy atom. The number of rotatable bonds is 3. The van der Waals surface area contributed by atoms with Gasteiger partial charge in [-0.3, -0.25) is 20.0 Å². The fourth-order valence-electron chi connectivity index (χ4n) is 2.44. The van der Waals surface area contributed by atoms with Crippen LogP contribution in [0.15, 0.2) is 24.3 Å². The summed E-state index contributed by atoms with van der Waals surface area (Å²) in [4.78, 5) is 28.4. The average molecular weight is 357 g/mol. The summed E-state index contributed by atoms with van der Waals surface area (Å²) >= 11 is 0. The number of nitrogens with one attached hydrogen (secondary N) is 2. The molecule has 1 fully saturated rings. The summed E-state index contributed by atoms with van der Waals surface area (Å²) in [5, 5.41) is 7.04. The third-order valence-electron chi connectivity index (χ3n) is 3.63. The highest BCUT2D eigenvalue weighted by atomic mass is 19.4. The molecule has 0 radical (unpaired) electrons. The van der Waals surface area contributed by atoms with Crippen molar-refractivity contribution in [1.29, 1.82) is 0 Å². The number of alkyl halides is 3. The van der Waals surface area contributed by atoms with E-state index in [1.807, 2.05) is 0 Å². The molecule has 1 saturated heterocycles. The van der Waals surface area contributed by atoms with E-state index in [1.54, 1.807) is 11.2 Å². The first-order valence-corrected chi connectivity index (χ1v) is 7.11. The van der Waals surface area contributed by atoms with Gasteiger partial charge in [0, 0.05) is 13.0 Å². The first-order valence-electron chi connectivity index (χ1n) is 7.11. The van der Waals surface area contributed by atoms with Crippen LogP contribution in [0.4, 0.5) is 29.2 Å². The Balaban J connectivity index is 1.69. The van der Waals surface area contributed by atoms with Gasteiger partial charge in [-0.15, -0.1) is 5.10 Å². The molecule has 25 heavy (non-hydrogen) atoms. The second kappa shape index (κ2) is 6.15. The first kappa shape index (κ1) is 16.9. The van der Waals surface area contributed by atoms with Gasteiger partial charge in [-0.1, -0.05) is 12.1 Å². The Bertz CT molecular complexity index is 820. The summed E-state index contributed by atoms with van der Waals surface area (Å²) in [5.74, 6) is -4.55. The van der Waals surface area contributed by atoms with Crippen molar-refractivity contribution in [2.75, 3.05) is 16.8 Å². The summed E-state index contributed by atoms with van der Waals surface area (Å²) < 4.78 is 51.1. The lowest BCUT2D eigenvalue weighted by atomic mass is 10.1. The zero-order valence-electron chi connectivity index (χ0n) is 12.5. The Morgan fingerprint density at radius 2 is 2.04 bits per heavy atom. The van der Waals surface area contributed by atoms with E-state index in [2.05, 4.69) is 15.4 Å². The molecule has 1 aromatic heterocycles. The molecule has 1 atom stereocenters. The number of para-hydroxylation sites is 1. The standard InChI is InChI=1S/C14H11F4N5O2/c15-8-3-1-2-4-9(8)23-6-7(5-10(23)24)11(25)19-13-20-12(21-22-13)14(16,17)18/h1-4,7H,5-6H2,(H2,19,20,21,22,25)/t7-/m1/s1. The topological polar surface area (TPSA) is 91.0 Å². The largest absolute Gasteiger partial charge is 0.451 e. The number of nitrogens with zero attached hydrogens (tertiary/aromatic N) is 3. The molecule has 2 N–H and O–H groups in total. The summed E-state index contributed by atoms with van der Waals surface area (Å²) in [6.45, 7) is -0.0951. The van der Waals surface area contributed by atoms with Crippen molar-refractivity contribution < 1.29 is 27.2 Å². The molecule has 2 heterocycles. The maximum atomic E-state index is 13.8. The average Bonchev–Trinajstić information content (AvgIpc) is 3.14. The smallest absolute Gasteiger partial charge is 0.309 e. The van der Waals surface area contributed by atoms with Crippen molar-refractivity contribution in [2.24, 2.45) is 5.92 Å². The Kier molecular flexibility index (Phi) is 4.15. The lowest BCUT2D eigenvalue weighted by Crippen LogP contribution is -2.29. The van der Waals surface area contributed by atoms with Gasteiger partial charge in [0.2, 0.25) is 23.6 Å². The number of hydrogen-bond acceptors (Lipinski definition) is 4. The molecule has 0 saturated carbocycles. The van der Waals surface area contributed by atoms with Gasteiger partial charge in [-0.2, -0.15) is 18.2 Å². The maximum absolute atomic E-state index is 13.8. The van der Waals surface area contributed by atoms with Gasteiger partial charge in [-0.25, -0.2) is 4.39 Å². The third-order valence-corrected chi connectivity index (χ3v) is 3.63. The van der Waals surface area contributed by atoms with Crippen molar-refractivity contribution in [1.82, 2.24) is 15.2 Å². The van der Waals surface area contributed by atoms with E-state index in [-0.39, 0.29) is 18.7 Å². The number of benzene rings is 1. The fraction of sp³-hybridized carbons (Fsp3) is 0.286. The minimum absolute atomic E-state index is 0.0417. The zero-order chi connectivity index (χ0) is 18.2. The summed E-state index contributed by atoms with van der Waals surface area (Å²) in [6.07, 6.45) is -4.92. The number of carbonyl (C=O) groups is 2. The van der Waals surface area contributed by atoms with E-state index in [1.165, 1.54) is 18.2 Å². The van der Waals surface area contributed by atoms with Gasteiger partial charge < -0.3 is 4.90 Å². The maximum Gasteiger partial charge on any atom is 0.451 e. The van der Waals surface area contributed by atoms with Gasteiger partial charge in [0.25, 0.3) is 0 Å². The number of aromatic nitrogens is 3. The SMILES string of the molecule is O=C(Nc1n[nH]c(C(F)(F)F)n1)[C@@H]1CC(=O)N(c2ccccc2F)C1. The number of amides is 2. The van der Waals surface area contributed by atoms with E-state index >= 15 is 0 Å². The Hall–Kier alpha value is -2.98. The van der Waals surface area contributed by atoms with Crippen LogP contribution in [0.5, 0.6) is 0 Å². The summed E-state index contributed by atoms with van der Waals surface area (Å²) in [5.41, 5.74) is 0.0417. The molecular formula is C14H11F4N5O2. The number of aromatic amines is 1. The van der Waals surface area contributed by atoms with Crippen LogP contribution in [0.25, 0.3) is 0 Å². The number of H-pyrrole nitrogens is 1. The molecule has 0 aliphatic carbocycles. The van der Waals surface area contributed by atoms with Crippen molar-refractivity contribution in [2.45, 2.75) is 12.6 Å². The molecule has 1 aromatic carbocycles. The van der Waals surface area contributed by atoms with Crippen LogP contribution in [0.2, 0.25) is 0 Å². The van der Waals surface area contributed by atoms with Gasteiger partial charge >= 0.3 is 6.18 Å². The molecule has 1 aliphatic rings. The fourth-order valence-corrected chi connectivity index (χ4v) is 2.44. The molecule has 0 spiro atoms. The minimum atomic E-state index is -4.72. The van der Waals surface area contributed by atoms with E-state index < -0.39 is 41.5 Å². The lowest BCUT2D eigenvalue weighted by molar-refractivity contribution is -0.144. The molecule has 0 unspecified atom stereocenters. The zero-order valence-corrected chi connectivity index (χ0v) is 12.5.